The van der Waals surface area contributed by atoms with Crippen LogP contribution in [-0.4, -0.2) is 12.5 Å². The number of benzene rings is 2. The molecule has 0 aliphatic carbocycles. The van der Waals surface area contributed by atoms with Crippen molar-refractivity contribution in [2.24, 2.45) is 0 Å². The Morgan fingerprint density at radius 3 is 2.57 bits per heavy atom. The van der Waals surface area contributed by atoms with Gasteiger partial charge in [0.1, 0.15) is 0 Å². The summed E-state index contributed by atoms with van der Waals surface area (Å²) < 4.78 is 0. The van der Waals surface area contributed by atoms with Gasteiger partial charge in [-0.25, -0.2) is 0 Å². The Morgan fingerprint density at radius 1 is 1.10 bits per heavy atom. The number of nitrogens with one attached hydrogen (secondary N) is 2. The molecule has 1 amide bonds. The van der Waals surface area contributed by atoms with Crippen molar-refractivity contribution < 1.29 is 4.79 Å². The van der Waals surface area contributed by atoms with E-state index >= 15 is 0 Å². The van der Waals surface area contributed by atoms with Gasteiger partial charge in [0.25, 0.3) is 5.91 Å². The minimum absolute atomic E-state index is 0.0177. The molecule has 0 aliphatic rings. The van der Waals surface area contributed by atoms with Gasteiger partial charge in [0.2, 0.25) is 0 Å². The van der Waals surface area contributed by atoms with E-state index in [0.29, 0.717) is 12.1 Å². The minimum Gasteiger partial charge on any atom is -0.381 e. The molecule has 3 nitrogen and oxygen atoms in total. The molecule has 0 bridgehead atoms. The molecule has 0 spiro atoms. The zero-order valence-electron chi connectivity index (χ0n) is 12.6. The normalized spacial score (nSPS) is 10.2. The minimum atomic E-state index is -0.0177. The van der Waals surface area contributed by atoms with Crippen LogP contribution in [0, 0.1) is 6.92 Å². The highest BCUT2D eigenvalue weighted by Gasteiger charge is 2.04. The molecule has 2 aromatic rings. The van der Waals surface area contributed by atoms with Crippen LogP contribution in [0.25, 0.3) is 0 Å². The Labute approximate surface area is 126 Å². The van der Waals surface area contributed by atoms with Gasteiger partial charge in [-0.1, -0.05) is 42.8 Å². The summed E-state index contributed by atoms with van der Waals surface area (Å²) in [7, 11) is 0. The average Bonchev–Trinajstić information content (AvgIpc) is 2.52. The summed E-state index contributed by atoms with van der Waals surface area (Å²) in [6, 6.07) is 16.0. The SMILES string of the molecule is CCCNC(=O)c1cccc(NCc2ccc(C)cc2)c1. The van der Waals surface area contributed by atoms with Gasteiger partial charge in [-0.15, -0.1) is 0 Å². The second-order valence-electron chi connectivity index (χ2n) is 5.18. The predicted molar refractivity (Wildman–Crippen MR) is 87.6 cm³/mol. The fraction of sp³-hybridized carbons (Fsp3) is 0.278. The lowest BCUT2D eigenvalue weighted by atomic mass is 10.1. The number of aryl methyl sites for hydroxylation is 1. The van der Waals surface area contributed by atoms with Crippen LogP contribution in [0.2, 0.25) is 0 Å². The van der Waals surface area contributed by atoms with Crippen LogP contribution < -0.4 is 10.6 Å². The summed E-state index contributed by atoms with van der Waals surface area (Å²) in [5.41, 5.74) is 4.13. The van der Waals surface area contributed by atoms with E-state index in [-0.39, 0.29) is 5.91 Å². The second kappa shape index (κ2) is 7.48. The lowest BCUT2D eigenvalue weighted by Gasteiger charge is -2.09. The predicted octanol–water partition coefficient (Wildman–Crippen LogP) is 3.75. The number of carbonyl (C=O) groups is 1. The molecule has 0 aromatic heterocycles. The molecule has 0 radical (unpaired) electrons. The zero-order chi connectivity index (χ0) is 15.1. The van der Waals surface area contributed by atoms with Crippen LogP contribution in [0.3, 0.4) is 0 Å². The molecule has 2 N–H and O–H groups in total. The number of hydrogen-bond donors (Lipinski definition) is 2. The summed E-state index contributed by atoms with van der Waals surface area (Å²) in [4.78, 5) is 11.9. The molecular weight excluding hydrogens is 260 g/mol. The molecule has 0 fully saturated rings. The largest absolute Gasteiger partial charge is 0.381 e. The second-order valence-corrected chi connectivity index (χ2v) is 5.18. The van der Waals surface area contributed by atoms with Crippen molar-refractivity contribution in [2.45, 2.75) is 26.8 Å². The smallest absolute Gasteiger partial charge is 0.251 e. The van der Waals surface area contributed by atoms with E-state index in [2.05, 4.69) is 41.8 Å². The van der Waals surface area contributed by atoms with Crippen LogP contribution in [0.5, 0.6) is 0 Å². The van der Waals surface area contributed by atoms with E-state index in [9.17, 15) is 4.79 Å². The number of hydrogen-bond acceptors (Lipinski definition) is 2. The third-order valence-corrected chi connectivity index (χ3v) is 3.28. The van der Waals surface area contributed by atoms with Gasteiger partial charge in [-0.3, -0.25) is 4.79 Å². The van der Waals surface area contributed by atoms with Crippen molar-refractivity contribution in [3.8, 4) is 0 Å². The number of rotatable bonds is 6. The first-order valence-corrected chi connectivity index (χ1v) is 7.36. The van der Waals surface area contributed by atoms with Crippen molar-refractivity contribution >= 4 is 11.6 Å². The lowest BCUT2D eigenvalue weighted by Crippen LogP contribution is -2.23. The molecule has 110 valence electrons. The van der Waals surface area contributed by atoms with Crippen molar-refractivity contribution in [1.82, 2.24) is 5.32 Å². The Hall–Kier alpha value is -2.29. The maximum Gasteiger partial charge on any atom is 0.251 e. The Balaban J connectivity index is 1.97. The third kappa shape index (κ3) is 4.63. The van der Waals surface area contributed by atoms with Crippen molar-refractivity contribution in [2.75, 3.05) is 11.9 Å². The third-order valence-electron chi connectivity index (χ3n) is 3.28. The highest BCUT2D eigenvalue weighted by Crippen LogP contribution is 2.12. The van der Waals surface area contributed by atoms with Crippen molar-refractivity contribution in [3.05, 3.63) is 65.2 Å². The standard InChI is InChI=1S/C18H22N2O/c1-3-11-19-18(21)16-5-4-6-17(12-16)20-13-15-9-7-14(2)8-10-15/h4-10,12,20H,3,11,13H2,1-2H3,(H,19,21). The van der Waals surface area contributed by atoms with Crippen LogP contribution in [0.1, 0.15) is 34.8 Å². The highest BCUT2D eigenvalue weighted by atomic mass is 16.1. The van der Waals surface area contributed by atoms with Gasteiger partial charge in [-0.2, -0.15) is 0 Å². The van der Waals surface area contributed by atoms with Crippen LogP contribution in [0.15, 0.2) is 48.5 Å². The first-order valence-electron chi connectivity index (χ1n) is 7.36. The van der Waals surface area contributed by atoms with Gasteiger partial charge in [0, 0.05) is 24.3 Å². The van der Waals surface area contributed by atoms with Gasteiger partial charge in [-0.05, 0) is 37.1 Å². The van der Waals surface area contributed by atoms with Crippen molar-refractivity contribution in [3.63, 3.8) is 0 Å². The molecule has 0 saturated heterocycles. The fourth-order valence-corrected chi connectivity index (χ4v) is 2.02. The Bertz CT molecular complexity index is 590. The molecule has 3 heteroatoms. The maximum absolute atomic E-state index is 11.9. The summed E-state index contributed by atoms with van der Waals surface area (Å²) in [6.45, 7) is 5.58. The maximum atomic E-state index is 11.9. The van der Waals surface area contributed by atoms with E-state index in [1.807, 2.05) is 31.2 Å². The molecule has 0 atom stereocenters. The lowest BCUT2D eigenvalue weighted by molar-refractivity contribution is 0.0953. The van der Waals surface area contributed by atoms with Gasteiger partial charge >= 0.3 is 0 Å². The van der Waals surface area contributed by atoms with Gasteiger partial charge < -0.3 is 10.6 Å². The average molecular weight is 282 g/mol. The van der Waals surface area contributed by atoms with E-state index in [1.54, 1.807) is 0 Å². The molecule has 0 aliphatic heterocycles. The van der Waals surface area contributed by atoms with Crippen LogP contribution in [-0.2, 0) is 6.54 Å². The van der Waals surface area contributed by atoms with Crippen LogP contribution in [0.4, 0.5) is 5.69 Å². The van der Waals surface area contributed by atoms with Crippen molar-refractivity contribution in [1.29, 1.82) is 0 Å². The summed E-state index contributed by atoms with van der Waals surface area (Å²) in [6.07, 6.45) is 0.942. The molecule has 21 heavy (non-hydrogen) atoms. The van der Waals surface area contributed by atoms with E-state index in [4.69, 9.17) is 0 Å². The van der Waals surface area contributed by atoms with Crippen LogP contribution >= 0.6 is 0 Å². The number of amides is 1. The first-order chi connectivity index (χ1) is 10.2. The first kappa shape index (κ1) is 15.1. The van der Waals surface area contributed by atoms with Gasteiger partial charge in [0.05, 0.1) is 0 Å². The number of carbonyl (C=O) groups excluding carboxylic acids is 1. The van der Waals surface area contributed by atoms with E-state index < -0.39 is 0 Å². The quantitative estimate of drug-likeness (QED) is 0.847. The molecule has 0 saturated carbocycles. The summed E-state index contributed by atoms with van der Waals surface area (Å²) in [5.74, 6) is -0.0177. The topological polar surface area (TPSA) is 41.1 Å². The zero-order valence-corrected chi connectivity index (χ0v) is 12.6. The fourth-order valence-electron chi connectivity index (χ4n) is 2.02. The summed E-state index contributed by atoms with van der Waals surface area (Å²) >= 11 is 0. The van der Waals surface area contributed by atoms with E-state index in [1.165, 1.54) is 11.1 Å². The molecule has 0 unspecified atom stereocenters. The van der Waals surface area contributed by atoms with Gasteiger partial charge in [0.15, 0.2) is 0 Å². The molecule has 0 heterocycles. The Kier molecular flexibility index (Phi) is 5.38. The molecule has 2 rings (SSSR count). The van der Waals surface area contributed by atoms with E-state index in [0.717, 1.165) is 18.7 Å². The number of anilines is 1. The highest BCUT2D eigenvalue weighted by molar-refractivity contribution is 5.95. The monoisotopic (exact) mass is 282 g/mol. The molecule has 2 aromatic carbocycles. The molecular formula is C18H22N2O. The Morgan fingerprint density at radius 2 is 1.86 bits per heavy atom. The summed E-state index contributed by atoms with van der Waals surface area (Å²) in [5, 5.41) is 6.24.